The molecule has 202 valence electrons. The van der Waals surface area contributed by atoms with Gasteiger partial charge in [-0.3, -0.25) is 10.1 Å². The summed E-state index contributed by atoms with van der Waals surface area (Å²) in [6.45, 7) is 2.05. The number of aromatic nitrogens is 4. The van der Waals surface area contributed by atoms with Crippen molar-refractivity contribution >= 4 is 52.5 Å². The number of hydrogen-bond donors (Lipinski definition) is 3. The summed E-state index contributed by atoms with van der Waals surface area (Å²) >= 11 is 7.99. The number of halogens is 2. The number of pyridine rings is 1. The smallest absolute Gasteiger partial charge is 0.411 e. The molecule has 0 saturated carbocycles. The fourth-order valence-electron chi connectivity index (χ4n) is 3.94. The average Bonchev–Trinajstić information content (AvgIpc) is 3.34. The van der Waals surface area contributed by atoms with Gasteiger partial charge >= 0.3 is 6.09 Å². The maximum Gasteiger partial charge on any atom is 0.411 e. The Morgan fingerprint density at radius 1 is 1.26 bits per heavy atom. The molecule has 1 aromatic carbocycles. The van der Waals surface area contributed by atoms with Gasteiger partial charge in [-0.1, -0.05) is 17.7 Å². The SMILES string of the molecule is COC(=O)Nc1ccc(-c2cn3ncc4c3nc2NCc2cc(F)cnc2OC(C)(SC)CNC4=O)c(Cl)c1. The first-order valence-corrected chi connectivity index (χ1v) is 13.2. The van der Waals surface area contributed by atoms with Crippen LogP contribution in [0.25, 0.3) is 16.8 Å². The van der Waals surface area contributed by atoms with E-state index < -0.39 is 16.8 Å². The quantitative estimate of drug-likeness (QED) is 0.323. The van der Waals surface area contributed by atoms with Crippen LogP contribution < -0.4 is 20.7 Å². The van der Waals surface area contributed by atoms with Crippen molar-refractivity contribution in [3.05, 3.63) is 64.8 Å². The lowest BCUT2D eigenvalue weighted by atomic mass is 10.1. The monoisotopic (exact) mass is 571 g/mol. The summed E-state index contributed by atoms with van der Waals surface area (Å²) in [5.74, 6) is -0.338. The predicted octanol–water partition coefficient (Wildman–Crippen LogP) is 4.58. The van der Waals surface area contributed by atoms with Crippen molar-refractivity contribution < 1.29 is 23.5 Å². The van der Waals surface area contributed by atoms with Crippen LogP contribution in [0.2, 0.25) is 5.02 Å². The maximum atomic E-state index is 14.2. The Kier molecular flexibility index (Phi) is 7.19. The fraction of sp³-hybridized carbons (Fsp3) is 0.240. The zero-order valence-corrected chi connectivity index (χ0v) is 22.6. The maximum absolute atomic E-state index is 14.2. The van der Waals surface area contributed by atoms with E-state index in [0.29, 0.717) is 38.9 Å². The van der Waals surface area contributed by atoms with E-state index in [1.807, 2.05) is 13.2 Å². The van der Waals surface area contributed by atoms with Gasteiger partial charge in [0.2, 0.25) is 5.88 Å². The number of hydrogen-bond acceptors (Lipinski definition) is 9. The molecule has 4 aromatic rings. The first-order valence-electron chi connectivity index (χ1n) is 11.6. The first-order chi connectivity index (χ1) is 18.7. The van der Waals surface area contributed by atoms with Crippen molar-refractivity contribution in [1.29, 1.82) is 0 Å². The number of anilines is 2. The van der Waals surface area contributed by atoms with E-state index in [1.165, 1.54) is 35.7 Å². The minimum absolute atomic E-state index is 0.102. The number of methoxy groups -OCH3 is 1. The van der Waals surface area contributed by atoms with E-state index >= 15 is 0 Å². The highest BCUT2D eigenvalue weighted by atomic mass is 35.5. The van der Waals surface area contributed by atoms with Crippen molar-refractivity contribution in [2.75, 3.05) is 30.5 Å². The van der Waals surface area contributed by atoms with Gasteiger partial charge in [0, 0.05) is 35.1 Å². The number of nitrogens with one attached hydrogen (secondary N) is 3. The van der Waals surface area contributed by atoms with Gasteiger partial charge in [0.15, 0.2) is 10.6 Å². The summed E-state index contributed by atoms with van der Waals surface area (Å²) in [6.07, 6.45) is 5.40. The van der Waals surface area contributed by atoms with Crippen LogP contribution in [0.4, 0.5) is 20.7 Å². The minimum atomic E-state index is -0.889. The Morgan fingerprint density at radius 3 is 2.82 bits per heavy atom. The van der Waals surface area contributed by atoms with Gasteiger partial charge in [-0.05, 0) is 31.4 Å². The molecule has 1 aliphatic heterocycles. The lowest BCUT2D eigenvalue weighted by Gasteiger charge is -2.29. The predicted molar refractivity (Wildman–Crippen MR) is 146 cm³/mol. The molecule has 3 N–H and O–H groups in total. The van der Waals surface area contributed by atoms with Crippen LogP contribution in [0, 0.1) is 5.82 Å². The second-order valence-corrected chi connectivity index (χ2v) is 10.4. The summed E-state index contributed by atoms with van der Waals surface area (Å²) in [5, 5.41) is 13.3. The van der Waals surface area contributed by atoms with Gasteiger partial charge in [0.25, 0.3) is 5.91 Å². The lowest BCUT2D eigenvalue weighted by molar-refractivity contribution is 0.0918. The van der Waals surface area contributed by atoms with Crippen molar-refractivity contribution in [1.82, 2.24) is 24.9 Å². The number of carbonyl (C=O) groups is 2. The Balaban J connectivity index is 1.63. The molecule has 1 unspecified atom stereocenters. The van der Waals surface area contributed by atoms with Gasteiger partial charge in [0.1, 0.15) is 17.2 Å². The van der Waals surface area contributed by atoms with Crippen molar-refractivity contribution in [2.24, 2.45) is 0 Å². The Labute approximate surface area is 231 Å². The minimum Gasteiger partial charge on any atom is -0.458 e. The van der Waals surface area contributed by atoms with E-state index in [-0.39, 0.29) is 30.4 Å². The summed E-state index contributed by atoms with van der Waals surface area (Å²) in [6, 6.07) is 6.26. The van der Waals surface area contributed by atoms with Crippen molar-refractivity contribution in [3.8, 4) is 17.0 Å². The van der Waals surface area contributed by atoms with Crippen LogP contribution >= 0.6 is 23.4 Å². The molecule has 0 saturated heterocycles. The second kappa shape index (κ2) is 10.6. The average molecular weight is 572 g/mol. The number of ether oxygens (including phenoxy) is 2. The highest BCUT2D eigenvalue weighted by Gasteiger charge is 2.30. The third-order valence-electron chi connectivity index (χ3n) is 6.08. The molecular formula is C25H23ClFN7O4S. The van der Waals surface area contributed by atoms with Gasteiger partial charge in [-0.2, -0.15) is 5.10 Å². The summed E-state index contributed by atoms with van der Waals surface area (Å²) < 4.78 is 26.5. The number of amides is 2. The first kappa shape index (κ1) is 26.5. The molecule has 0 aliphatic carbocycles. The topological polar surface area (TPSA) is 132 Å². The molecule has 3 aromatic heterocycles. The van der Waals surface area contributed by atoms with E-state index in [9.17, 15) is 14.0 Å². The molecule has 1 aliphatic rings. The summed E-state index contributed by atoms with van der Waals surface area (Å²) in [7, 11) is 1.26. The molecule has 4 heterocycles. The number of thioether (sulfide) groups is 1. The van der Waals surface area contributed by atoms with Crippen LogP contribution in [0.1, 0.15) is 22.8 Å². The van der Waals surface area contributed by atoms with Crippen LogP contribution in [-0.4, -0.2) is 56.4 Å². The van der Waals surface area contributed by atoms with Crippen LogP contribution in [0.5, 0.6) is 5.88 Å². The third kappa shape index (κ3) is 5.40. The lowest BCUT2D eigenvalue weighted by Crippen LogP contribution is -2.42. The molecule has 0 fully saturated rings. The molecule has 1 atom stereocenters. The van der Waals surface area contributed by atoms with E-state index in [2.05, 4.69) is 30.8 Å². The number of benzene rings is 1. The number of fused-ring (bicyclic) bond motifs is 2. The van der Waals surface area contributed by atoms with Crippen LogP contribution in [-0.2, 0) is 11.3 Å². The van der Waals surface area contributed by atoms with Gasteiger partial charge in [0.05, 0.1) is 31.1 Å². The molecule has 5 rings (SSSR count). The van der Waals surface area contributed by atoms with E-state index in [4.69, 9.17) is 21.3 Å². The molecule has 14 heteroatoms. The largest absolute Gasteiger partial charge is 0.458 e. The Hall–Kier alpha value is -4.10. The van der Waals surface area contributed by atoms with Gasteiger partial charge < -0.3 is 20.1 Å². The van der Waals surface area contributed by atoms with Crippen LogP contribution in [0.3, 0.4) is 0 Å². The third-order valence-corrected chi connectivity index (χ3v) is 7.49. The molecule has 0 spiro atoms. The second-order valence-electron chi connectivity index (χ2n) is 8.73. The molecule has 0 radical (unpaired) electrons. The van der Waals surface area contributed by atoms with E-state index in [1.54, 1.807) is 24.4 Å². The zero-order chi connectivity index (χ0) is 27.7. The number of nitrogens with zero attached hydrogens (tertiary/aromatic N) is 4. The molecule has 11 nitrogen and oxygen atoms in total. The van der Waals surface area contributed by atoms with Gasteiger partial charge in [-0.15, -0.1) is 11.8 Å². The Bertz CT molecular complexity index is 1600. The Morgan fingerprint density at radius 2 is 2.08 bits per heavy atom. The summed E-state index contributed by atoms with van der Waals surface area (Å²) in [4.78, 5) is 32.7. The number of rotatable bonds is 3. The highest BCUT2D eigenvalue weighted by Crippen LogP contribution is 2.36. The van der Waals surface area contributed by atoms with Crippen LogP contribution in [0.15, 0.2) is 42.9 Å². The fourth-order valence-corrected chi connectivity index (χ4v) is 4.60. The standard InChI is InChI=1S/C25H23ClFN7O4S/c1-25(39-3)12-30-22(35)17-10-31-34-11-18(16-5-4-15(7-19(16)26)32-24(36)37-2)20(33-21(17)34)28-8-13-6-14(27)9-29-23(13)38-25/h4-7,9-11H,8,12H2,1-3H3,(H,28,33)(H,30,35)(H,32,36). The molecule has 39 heavy (non-hydrogen) atoms. The molecular weight excluding hydrogens is 549 g/mol. The highest BCUT2D eigenvalue weighted by molar-refractivity contribution is 7.99. The van der Waals surface area contributed by atoms with Crippen molar-refractivity contribution in [3.63, 3.8) is 0 Å². The van der Waals surface area contributed by atoms with Gasteiger partial charge in [-0.25, -0.2) is 23.7 Å². The van der Waals surface area contributed by atoms with Crippen molar-refractivity contribution in [2.45, 2.75) is 18.4 Å². The number of carbonyl (C=O) groups excluding carboxylic acids is 2. The summed E-state index contributed by atoms with van der Waals surface area (Å²) in [5.41, 5.74) is 2.56. The normalized spacial score (nSPS) is 17.1. The molecule has 2 bridgehead atoms. The molecule has 2 amide bonds. The zero-order valence-electron chi connectivity index (χ0n) is 21.0. The van der Waals surface area contributed by atoms with E-state index in [0.717, 1.165) is 6.20 Å².